The van der Waals surface area contributed by atoms with Crippen molar-refractivity contribution in [1.82, 2.24) is 5.43 Å². The fourth-order valence-corrected chi connectivity index (χ4v) is 3.06. The third-order valence-electron chi connectivity index (χ3n) is 4.01. The number of carbonyl (C=O) groups excluding carboxylic acids is 1. The Bertz CT molecular complexity index is 1100. The zero-order valence-corrected chi connectivity index (χ0v) is 17.0. The maximum Gasteiger partial charge on any atom is 0.341 e. The van der Waals surface area contributed by atoms with Crippen LogP contribution in [0.15, 0.2) is 64.2 Å². The Morgan fingerprint density at radius 1 is 1.10 bits per heavy atom. The number of hydrogen-bond donors (Lipinski definition) is 2. The smallest absolute Gasteiger partial charge is 0.341 e. The molecule has 0 spiro atoms. The van der Waals surface area contributed by atoms with E-state index in [2.05, 4.69) is 26.5 Å². The van der Waals surface area contributed by atoms with E-state index in [1.807, 2.05) is 24.3 Å². The van der Waals surface area contributed by atoms with Crippen molar-refractivity contribution in [1.29, 1.82) is 0 Å². The molecule has 0 aliphatic rings. The summed E-state index contributed by atoms with van der Waals surface area (Å²) in [7, 11) is 1.50. The molecule has 0 saturated heterocycles. The Morgan fingerprint density at radius 3 is 2.52 bits per heavy atom. The summed E-state index contributed by atoms with van der Waals surface area (Å²) >= 11 is 3.34. The Labute approximate surface area is 175 Å². The lowest BCUT2D eigenvalue weighted by molar-refractivity contribution is -0.139. The van der Waals surface area contributed by atoms with Gasteiger partial charge in [-0.2, -0.15) is 5.10 Å². The Kier molecular flexibility index (Phi) is 6.46. The van der Waals surface area contributed by atoms with Crippen molar-refractivity contribution in [2.24, 2.45) is 5.10 Å². The van der Waals surface area contributed by atoms with Crippen LogP contribution >= 0.6 is 15.9 Å². The molecule has 29 heavy (non-hydrogen) atoms. The first-order valence-electron chi connectivity index (χ1n) is 8.52. The Hall–Kier alpha value is -3.39. The molecule has 3 aromatic carbocycles. The van der Waals surface area contributed by atoms with Crippen molar-refractivity contribution in [3.8, 4) is 11.5 Å². The lowest BCUT2D eigenvalue weighted by Gasteiger charge is -2.09. The third-order valence-corrected chi connectivity index (χ3v) is 4.50. The van der Waals surface area contributed by atoms with Gasteiger partial charge in [-0.25, -0.2) is 10.2 Å². The van der Waals surface area contributed by atoms with Gasteiger partial charge in [0.05, 0.1) is 18.9 Å². The van der Waals surface area contributed by atoms with Crippen LogP contribution in [0.1, 0.15) is 15.9 Å². The van der Waals surface area contributed by atoms with Gasteiger partial charge in [0.1, 0.15) is 11.5 Å². The summed E-state index contributed by atoms with van der Waals surface area (Å²) in [4.78, 5) is 23.3. The van der Waals surface area contributed by atoms with Gasteiger partial charge >= 0.3 is 5.97 Å². The summed E-state index contributed by atoms with van der Waals surface area (Å²) in [6, 6.07) is 16.2. The molecule has 0 heterocycles. The molecule has 8 heteroatoms. The van der Waals surface area contributed by atoms with Gasteiger partial charge in [-0.1, -0.05) is 40.2 Å². The molecule has 148 valence electrons. The van der Waals surface area contributed by atoms with Crippen molar-refractivity contribution in [2.75, 3.05) is 13.7 Å². The van der Waals surface area contributed by atoms with Crippen LogP contribution in [0.25, 0.3) is 10.8 Å². The zero-order chi connectivity index (χ0) is 20.8. The van der Waals surface area contributed by atoms with E-state index in [4.69, 9.17) is 14.6 Å². The highest BCUT2D eigenvalue weighted by molar-refractivity contribution is 9.10. The highest BCUT2D eigenvalue weighted by Crippen LogP contribution is 2.26. The molecular formula is C21H17BrN2O5. The topological polar surface area (TPSA) is 97.2 Å². The van der Waals surface area contributed by atoms with Gasteiger partial charge in [0, 0.05) is 10.0 Å². The number of benzene rings is 3. The summed E-state index contributed by atoms with van der Waals surface area (Å²) in [6.45, 7) is -0.483. The van der Waals surface area contributed by atoms with Gasteiger partial charge in [0.15, 0.2) is 6.61 Å². The van der Waals surface area contributed by atoms with Crippen LogP contribution in [0.3, 0.4) is 0 Å². The van der Waals surface area contributed by atoms with E-state index >= 15 is 0 Å². The molecule has 1 amide bonds. The normalized spacial score (nSPS) is 10.8. The molecule has 3 rings (SSSR count). The van der Waals surface area contributed by atoms with Crippen LogP contribution in [0, 0.1) is 0 Å². The molecule has 0 aliphatic carbocycles. The SMILES string of the molecule is COc1cc2ccccc2cc1C(=O)NN=Cc1cc(Br)ccc1OCC(=O)O. The van der Waals surface area contributed by atoms with Gasteiger partial charge < -0.3 is 14.6 Å². The molecule has 0 unspecified atom stereocenters. The number of carboxylic acid groups (broad SMARTS) is 1. The van der Waals surface area contributed by atoms with Gasteiger partial charge in [-0.05, 0) is 41.1 Å². The van der Waals surface area contributed by atoms with Crippen molar-refractivity contribution in [2.45, 2.75) is 0 Å². The fraction of sp³-hybridized carbons (Fsp3) is 0.0952. The van der Waals surface area contributed by atoms with Crippen LogP contribution in [0.2, 0.25) is 0 Å². The first kappa shape index (κ1) is 20.3. The number of aliphatic carboxylic acids is 1. The molecule has 0 aromatic heterocycles. The largest absolute Gasteiger partial charge is 0.496 e. The van der Waals surface area contributed by atoms with E-state index in [1.165, 1.54) is 13.3 Å². The minimum Gasteiger partial charge on any atom is -0.496 e. The minimum atomic E-state index is -1.09. The van der Waals surface area contributed by atoms with Crippen molar-refractivity contribution in [3.05, 3.63) is 70.2 Å². The molecule has 0 fully saturated rings. The molecule has 0 aliphatic heterocycles. The van der Waals surface area contributed by atoms with E-state index < -0.39 is 18.5 Å². The van der Waals surface area contributed by atoms with Gasteiger partial charge in [-0.3, -0.25) is 4.79 Å². The summed E-state index contributed by atoms with van der Waals surface area (Å²) in [5, 5.41) is 14.6. The average Bonchev–Trinajstić information content (AvgIpc) is 2.71. The molecule has 0 atom stereocenters. The number of amides is 1. The predicted molar refractivity (Wildman–Crippen MR) is 113 cm³/mol. The summed E-state index contributed by atoms with van der Waals surface area (Å²) in [5.41, 5.74) is 3.31. The molecule has 3 aromatic rings. The van der Waals surface area contributed by atoms with E-state index in [0.717, 1.165) is 15.2 Å². The number of carbonyl (C=O) groups is 2. The van der Waals surface area contributed by atoms with Gasteiger partial charge in [0.25, 0.3) is 5.91 Å². The van der Waals surface area contributed by atoms with Crippen LogP contribution in [0.5, 0.6) is 11.5 Å². The Morgan fingerprint density at radius 2 is 1.83 bits per heavy atom. The lowest BCUT2D eigenvalue weighted by atomic mass is 10.1. The summed E-state index contributed by atoms with van der Waals surface area (Å²) < 4.78 is 11.3. The zero-order valence-electron chi connectivity index (χ0n) is 15.4. The van der Waals surface area contributed by atoms with E-state index in [9.17, 15) is 9.59 Å². The first-order valence-corrected chi connectivity index (χ1v) is 9.31. The molecule has 7 nitrogen and oxygen atoms in total. The van der Waals surface area contributed by atoms with Gasteiger partial charge in [0.2, 0.25) is 0 Å². The molecule has 2 N–H and O–H groups in total. The number of nitrogens with one attached hydrogen (secondary N) is 1. The second kappa shape index (κ2) is 9.20. The number of hydrogen-bond acceptors (Lipinski definition) is 5. The molecule has 0 radical (unpaired) electrons. The second-order valence-corrected chi connectivity index (χ2v) is 6.88. The standard InChI is InChI=1S/C21H17BrN2O5/c1-28-19-10-14-5-3-2-4-13(14)9-17(19)21(27)24-23-11-15-8-16(22)6-7-18(15)29-12-20(25)26/h2-11H,12H2,1H3,(H,24,27)(H,25,26). The number of halogens is 1. The Balaban J connectivity index is 1.80. The summed E-state index contributed by atoms with van der Waals surface area (Å²) in [5.74, 6) is -0.763. The van der Waals surface area contributed by atoms with E-state index in [-0.39, 0.29) is 0 Å². The maximum atomic E-state index is 12.6. The second-order valence-electron chi connectivity index (χ2n) is 5.96. The fourth-order valence-electron chi connectivity index (χ4n) is 2.68. The highest BCUT2D eigenvalue weighted by atomic mass is 79.9. The van der Waals surface area contributed by atoms with Crippen molar-refractivity contribution in [3.63, 3.8) is 0 Å². The van der Waals surface area contributed by atoms with E-state index in [0.29, 0.717) is 22.6 Å². The van der Waals surface area contributed by atoms with Crippen LogP contribution in [-0.4, -0.2) is 36.9 Å². The number of rotatable bonds is 7. The number of ether oxygens (including phenoxy) is 2. The number of carboxylic acids is 1. The minimum absolute atomic E-state index is 0.330. The van der Waals surface area contributed by atoms with Crippen molar-refractivity contribution >= 4 is 44.8 Å². The van der Waals surface area contributed by atoms with E-state index in [1.54, 1.807) is 30.3 Å². The van der Waals surface area contributed by atoms with Crippen LogP contribution < -0.4 is 14.9 Å². The average molecular weight is 457 g/mol. The van der Waals surface area contributed by atoms with Crippen molar-refractivity contribution < 1.29 is 24.2 Å². The summed E-state index contributed by atoms with van der Waals surface area (Å²) in [6.07, 6.45) is 1.38. The lowest BCUT2D eigenvalue weighted by Crippen LogP contribution is -2.18. The molecule has 0 saturated carbocycles. The quantitative estimate of drug-likeness (QED) is 0.415. The number of methoxy groups -OCH3 is 1. The monoisotopic (exact) mass is 456 g/mol. The number of fused-ring (bicyclic) bond motifs is 1. The predicted octanol–water partition coefficient (Wildman–Crippen LogP) is 3.84. The molecule has 0 bridgehead atoms. The third kappa shape index (κ3) is 5.11. The van der Waals surface area contributed by atoms with Gasteiger partial charge in [-0.15, -0.1) is 0 Å². The van der Waals surface area contributed by atoms with Crippen LogP contribution in [0.4, 0.5) is 0 Å². The maximum absolute atomic E-state index is 12.6. The van der Waals surface area contributed by atoms with Crippen LogP contribution in [-0.2, 0) is 4.79 Å². The highest BCUT2D eigenvalue weighted by Gasteiger charge is 2.13. The number of nitrogens with zero attached hydrogens (tertiary/aromatic N) is 1. The first-order chi connectivity index (χ1) is 14.0. The number of hydrazone groups is 1. The molecular weight excluding hydrogens is 440 g/mol.